The first-order chi connectivity index (χ1) is 11.3. The van der Waals surface area contributed by atoms with Crippen molar-refractivity contribution in [3.63, 3.8) is 0 Å². The molecule has 0 spiro atoms. The molecule has 0 aliphatic rings. The van der Waals surface area contributed by atoms with Crippen LogP contribution in [-0.2, 0) is 14.4 Å². The number of amides is 3. The molecule has 0 heterocycles. The Morgan fingerprint density at radius 2 is 1.79 bits per heavy atom. The maximum absolute atomic E-state index is 12.0. The van der Waals surface area contributed by atoms with Gasteiger partial charge in [-0.3, -0.25) is 14.4 Å². The molecule has 0 aliphatic heterocycles. The van der Waals surface area contributed by atoms with Gasteiger partial charge in [0.1, 0.15) is 5.75 Å². The van der Waals surface area contributed by atoms with Crippen LogP contribution in [0.15, 0.2) is 18.2 Å². The number of carbonyl (C=O) groups is 3. The third-order valence-corrected chi connectivity index (χ3v) is 3.27. The number of hydrogen-bond donors (Lipinski definition) is 3. The fraction of sp³-hybridized carbons (Fsp3) is 0.471. The Balaban J connectivity index is 2.61. The van der Waals surface area contributed by atoms with Crippen molar-refractivity contribution in [3.8, 4) is 5.75 Å². The van der Waals surface area contributed by atoms with Crippen LogP contribution >= 0.6 is 0 Å². The van der Waals surface area contributed by atoms with Crippen molar-refractivity contribution in [2.24, 2.45) is 0 Å². The molecule has 7 nitrogen and oxygen atoms in total. The highest BCUT2D eigenvalue weighted by molar-refractivity contribution is 6.35. The molecule has 0 bridgehead atoms. The first-order valence-electron chi connectivity index (χ1n) is 7.91. The van der Waals surface area contributed by atoms with Crippen LogP contribution in [0.1, 0.15) is 37.9 Å². The average molecular weight is 335 g/mol. The fourth-order valence-corrected chi connectivity index (χ4v) is 2.13. The third kappa shape index (κ3) is 6.28. The molecule has 3 amide bonds. The lowest BCUT2D eigenvalue weighted by Crippen LogP contribution is -2.43. The van der Waals surface area contributed by atoms with Crippen LogP contribution in [0, 0.1) is 6.92 Å². The molecule has 3 N–H and O–H groups in total. The fourth-order valence-electron chi connectivity index (χ4n) is 2.13. The second-order valence-electron chi connectivity index (χ2n) is 5.41. The number of aryl methyl sites for hydroxylation is 1. The SMILES string of the molecule is CCOc1ccc(C)cc1C(C)NC(=O)C(=O)NCCNC(C)=O. The van der Waals surface area contributed by atoms with E-state index in [1.165, 1.54) is 6.92 Å². The molecular weight excluding hydrogens is 310 g/mol. The van der Waals surface area contributed by atoms with Crippen molar-refractivity contribution < 1.29 is 19.1 Å². The van der Waals surface area contributed by atoms with E-state index < -0.39 is 11.8 Å². The van der Waals surface area contributed by atoms with Crippen molar-refractivity contribution in [1.29, 1.82) is 0 Å². The van der Waals surface area contributed by atoms with Gasteiger partial charge in [-0.2, -0.15) is 0 Å². The average Bonchev–Trinajstić information content (AvgIpc) is 2.52. The maximum atomic E-state index is 12.0. The molecule has 0 saturated heterocycles. The highest BCUT2D eigenvalue weighted by atomic mass is 16.5. The van der Waals surface area contributed by atoms with Crippen molar-refractivity contribution >= 4 is 17.7 Å². The molecule has 1 atom stereocenters. The lowest BCUT2D eigenvalue weighted by molar-refractivity contribution is -0.139. The minimum Gasteiger partial charge on any atom is -0.494 e. The second kappa shape index (κ2) is 9.54. The molecule has 1 aromatic carbocycles. The van der Waals surface area contributed by atoms with Crippen LogP contribution in [0.5, 0.6) is 5.75 Å². The predicted molar refractivity (Wildman–Crippen MR) is 90.6 cm³/mol. The molecule has 0 aliphatic carbocycles. The number of nitrogens with one attached hydrogen (secondary N) is 3. The molecule has 0 saturated carbocycles. The summed E-state index contributed by atoms with van der Waals surface area (Å²) < 4.78 is 5.56. The van der Waals surface area contributed by atoms with Gasteiger partial charge in [0.05, 0.1) is 12.6 Å². The Morgan fingerprint density at radius 3 is 2.42 bits per heavy atom. The Morgan fingerprint density at radius 1 is 1.12 bits per heavy atom. The Kier molecular flexibility index (Phi) is 7.74. The first kappa shape index (κ1) is 19.5. The highest BCUT2D eigenvalue weighted by Crippen LogP contribution is 2.26. The lowest BCUT2D eigenvalue weighted by Gasteiger charge is -2.18. The van der Waals surface area contributed by atoms with Crippen LogP contribution < -0.4 is 20.7 Å². The zero-order chi connectivity index (χ0) is 18.1. The molecule has 7 heteroatoms. The summed E-state index contributed by atoms with van der Waals surface area (Å²) in [5, 5.41) is 7.63. The molecule has 1 aromatic rings. The standard InChI is InChI=1S/C17H25N3O4/c1-5-24-15-7-6-11(2)10-14(15)12(3)20-17(23)16(22)19-9-8-18-13(4)21/h6-7,10,12H,5,8-9H2,1-4H3,(H,18,21)(H,19,22)(H,20,23). The number of rotatable bonds is 7. The molecule has 1 unspecified atom stereocenters. The van der Waals surface area contributed by atoms with E-state index in [2.05, 4.69) is 16.0 Å². The van der Waals surface area contributed by atoms with Gasteiger partial charge in [0.25, 0.3) is 0 Å². The van der Waals surface area contributed by atoms with Crippen molar-refractivity contribution in [3.05, 3.63) is 29.3 Å². The number of ether oxygens (including phenoxy) is 1. The summed E-state index contributed by atoms with van der Waals surface area (Å²) in [7, 11) is 0. The van der Waals surface area contributed by atoms with Gasteiger partial charge in [-0.05, 0) is 26.8 Å². The molecule has 0 radical (unpaired) electrons. The Hall–Kier alpha value is -2.57. The summed E-state index contributed by atoms with van der Waals surface area (Å²) in [4.78, 5) is 34.4. The molecule has 0 fully saturated rings. The molecular formula is C17H25N3O4. The predicted octanol–water partition coefficient (Wildman–Crippen LogP) is 0.823. The lowest BCUT2D eigenvalue weighted by atomic mass is 10.0. The summed E-state index contributed by atoms with van der Waals surface area (Å²) in [6.07, 6.45) is 0. The van der Waals surface area contributed by atoms with E-state index in [0.717, 1.165) is 11.1 Å². The van der Waals surface area contributed by atoms with Gasteiger partial charge >= 0.3 is 11.8 Å². The van der Waals surface area contributed by atoms with Crippen molar-refractivity contribution in [1.82, 2.24) is 16.0 Å². The van der Waals surface area contributed by atoms with Gasteiger partial charge in [0.15, 0.2) is 0 Å². The zero-order valence-corrected chi connectivity index (χ0v) is 14.6. The number of carbonyl (C=O) groups excluding carboxylic acids is 3. The van der Waals surface area contributed by atoms with E-state index >= 15 is 0 Å². The molecule has 1 rings (SSSR count). The third-order valence-electron chi connectivity index (χ3n) is 3.27. The van der Waals surface area contributed by atoms with Gasteiger partial charge in [-0.25, -0.2) is 0 Å². The minimum atomic E-state index is -0.738. The van der Waals surface area contributed by atoms with E-state index in [1.54, 1.807) is 6.92 Å². The normalized spacial score (nSPS) is 11.3. The van der Waals surface area contributed by atoms with Crippen LogP contribution in [0.3, 0.4) is 0 Å². The van der Waals surface area contributed by atoms with Crippen LogP contribution in [0.25, 0.3) is 0 Å². The first-order valence-corrected chi connectivity index (χ1v) is 7.91. The monoisotopic (exact) mass is 335 g/mol. The summed E-state index contributed by atoms with van der Waals surface area (Å²) in [5.41, 5.74) is 1.85. The van der Waals surface area contributed by atoms with Gasteiger partial charge in [0.2, 0.25) is 5.91 Å². The van der Waals surface area contributed by atoms with Gasteiger partial charge < -0.3 is 20.7 Å². The van der Waals surface area contributed by atoms with Gasteiger partial charge in [-0.15, -0.1) is 0 Å². The Bertz CT molecular complexity index is 601. The summed E-state index contributed by atoms with van der Waals surface area (Å²) in [5.74, 6) is -0.973. The smallest absolute Gasteiger partial charge is 0.309 e. The summed E-state index contributed by atoms with van der Waals surface area (Å²) in [6.45, 7) is 7.98. The summed E-state index contributed by atoms with van der Waals surface area (Å²) in [6, 6.07) is 5.33. The number of benzene rings is 1. The molecule has 0 aromatic heterocycles. The van der Waals surface area contributed by atoms with E-state index in [1.807, 2.05) is 32.0 Å². The van der Waals surface area contributed by atoms with Gasteiger partial charge in [-0.1, -0.05) is 17.7 Å². The van der Waals surface area contributed by atoms with Gasteiger partial charge in [0, 0.05) is 25.6 Å². The topological polar surface area (TPSA) is 96.5 Å². The Labute approximate surface area is 142 Å². The van der Waals surface area contributed by atoms with Crippen molar-refractivity contribution in [2.75, 3.05) is 19.7 Å². The summed E-state index contributed by atoms with van der Waals surface area (Å²) >= 11 is 0. The maximum Gasteiger partial charge on any atom is 0.309 e. The number of hydrogen-bond acceptors (Lipinski definition) is 4. The van der Waals surface area contributed by atoms with Crippen LogP contribution in [0.2, 0.25) is 0 Å². The molecule has 24 heavy (non-hydrogen) atoms. The largest absolute Gasteiger partial charge is 0.494 e. The second-order valence-corrected chi connectivity index (χ2v) is 5.41. The minimum absolute atomic E-state index is 0.189. The van der Waals surface area contributed by atoms with Crippen molar-refractivity contribution in [2.45, 2.75) is 33.7 Å². The van der Waals surface area contributed by atoms with E-state index in [9.17, 15) is 14.4 Å². The van der Waals surface area contributed by atoms with E-state index in [0.29, 0.717) is 12.4 Å². The highest BCUT2D eigenvalue weighted by Gasteiger charge is 2.19. The van der Waals surface area contributed by atoms with Crippen LogP contribution in [0.4, 0.5) is 0 Å². The zero-order valence-electron chi connectivity index (χ0n) is 14.6. The quantitative estimate of drug-likeness (QED) is 0.508. The molecule has 132 valence electrons. The van der Waals surface area contributed by atoms with Crippen LogP contribution in [-0.4, -0.2) is 37.4 Å². The van der Waals surface area contributed by atoms with E-state index in [4.69, 9.17) is 4.74 Å². The van der Waals surface area contributed by atoms with E-state index in [-0.39, 0.29) is 25.0 Å².